The highest BCUT2D eigenvalue weighted by atomic mass is 16.5. The van der Waals surface area contributed by atoms with Crippen molar-refractivity contribution in [3.63, 3.8) is 0 Å². The Bertz CT molecular complexity index is 400. The molecule has 0 aromatic carbocycles. The van der Waals surface area contributed by atoms with Gasteiger partial charge in [-0.05, 0) is 27.2 Å². The molecule has 2 heterocycles. The molecule has 1 aromatic heterocycles. The molecule has 0 amide bonds. The minimum Gasteiger partial charge on any atom is -0.461 e. The zero-order valence-electron chi connectivity index (χ0n) is 9.86. The van der Waals surface area contributed by atoms with Crippen molar-refractivity contribution in [3.05, 3.63) is 11.8 Å². The van der Waals surface area contributed by atoms with Gasteiger partial charge in [0.2, 0.25) is 0 Å². The van der Waals surface area contributed by atoms with Crippen LogP contribution in [0.5, 0.6) is 0 Å². The van der Waals surface area contributed by atoms with Crippen LogP contribution < -0.4 is 5.32 Å². The Morgan fingerprint density at radius 1 is 1.69 bits per heavy atom. The van der Waals surface area contributed by atoms with Gasteiger partial charge in [0.15, 0.2) is 5.69 Å². The van der Waals surface area contributed by atoms with Gasteiger partial charge in [0, 0.05) is 12.1 Å². The third-order valence-corrected chi connectivity index (χ3v) is 2.73. The molecule has 1 aromatic rings. The Morgan fingerprint density at radius 2 is 2.44 bits per heavy atom. The maximum absolute atomic E-state index is 11.5. The number of carbonyl (C=O) groups excluding carboxylic acids is 1. The molecule has 0 radical (unpaired) electrons. The number of carbonyl (C=O) groups is 1. The van der Waals surface area contributed by atoms with E-state index in [2.05, 4.69) is 24.3 Å². The van der Waals surface area contributed by atoms with Crippen molar-refractivity contribution < 1.29 is 9.53 Å². The zero-order chi connectivity index (χ0) is 11.7. The van der Waals surface area contributed by atoms with Crippen LogP contribution in [0.25, 0.3) is 0 Å². The maximum Gasteiger partial charge on any atom is 0.358 e. The molecule has 0 spiro atoms. The fourth-order valence-electron chi connectivity index (χ4n) is 2.07. The molecule has 0 aliphatic carbocycles. The number of hydrogen-bond acceptors (Lipinski definition) is 4. The highest BCUT2D eigenvalue weighted by Crippen LogP contribution is 2.27. The lowest BCUT2D eigenvalue weighted by molar-refractivity contribution is 0.0518. The summed E-state index contributed by atoms with van der Waals surface area (Å²) >= 11 is 0. The molecule has 5 heteroatoms. The third kappa shape index (κ3) is 1.89. The standard InChI is InChI=1S/C11H17N3O2/c1-4-16-11(15)9-6-10-12-7(2)5-8(3)14(10)13-9/h6-8,12H,4-5H2,1-3H3. The van der Waals surface area contributed by atoms with Crippen molar-refractivity contribution in [1.82, 2.24) is 9.78 Å². The summed E-state index contributed by atoms with van der Waals surface area (Å²) in [7, 11) is 0. The van der Waals surface area contributed by atoms with Gasteiger partial charge in [0.05, 0.1) is 12.6 Å². The van der Waals surface area contributed by atoms with Crippen LogP contribution in [-0.2, 0) is 4.74 Å². The predicted molar refractivity (Wildman–Crippen MR) is 60.6 cm³/mol. The molecule has 1 aliphatic rings. The number of ether oxygens (including phenoxy) is 1. The van der Waals surface area contributed by atoms with Gasteiger partial charge in [-0.25, -0.2) is 9.48 Å². The van der Waals surface area contributed by atoms with Crippen molar-refractivity contribution in [3.8, 4) is 0 Å². The molecule has 0 saturated heterocycles. The van der Waals surface area contributed by atoms with E-state index in [4.69, 9.17) is 4.74 Å². The first-order valence-corrected chi connectivity index (χ1v) is 5.65. The van der Waals surface area contributed by atoms with E-state index in [0.29, 0.717) is 24.4 Å². The second-order valence-electron chi connectivity index (χ2n) is 4.21. The third-order valence-electron chi connectivity index (χ3n) is 2.73. The fourth-order valence-corrected chi connectivity index (χ4v) is 2.07. The number of nitrogens with one attached hydrogen (secondary N) is 1. The van der Waals surface area contributed by atoms with Crippen molar-refractivity contribution >= 4 is 11.8 Å². The molecular formula is C11H17N3O2. The average Bonchev–Trinajstić information content (AvgIpc) is 2.62. The number of rotatable bonds is 2. The number of anilines is 1. The first kappa shape index (κ1) is 11.0. The number of esters is 1. The predicted octanol–water partition coefficient (Wildman–Crippen LogP) is 1.82. The summed E-state index contributed by atoms with van der Waals surface area (Å²) in [6.45, 7) is 6.39. The summed E-state index contributed by atoms with van der Waals surface area (Å²) in [5.41, 5.74) is 0.380. The lowest BCUT2D eigenvalue weighted by Gasteiger charge is -2.27. The molecule has 1 N–H and O–H groups in total. The Kier molecular flexibility index (Phi) is 2.85. The largest absolute Gasteiger partial charge is 0.461 e. The molecule has 88 valence electrons. The summed E-state index contributed by atoms with van der Waals surface area (Å²) in [6.07, 6.45) is 1.01. The van der Waals surface area contributed by atoms with Crippen molar-refractivity contribution in [1.29, 1.82) is 0 Å². The van der Waals surface area contributed by atoms with Gasteiger partial charge in [-0.2, -0.15) is 5.10 Å². The molecule has 2 atom stereocenters. The molecule has 16 heavy (non-hydrogen) atoms. The van der Waals surface area contributed by atoms with E-state index in [9.17, 15) is 4.79 Å². The van der Waals surface area contributed by atoms with Gasteiger partial charge in [-0.15, -0.1) is 0 Å². The summed E-state index contributed by atoms with van der Waals surface area (Å²) in [6, 6.07) is 2.48. The molecule has 2 unspecified atom stereocenters. The fraction of sp³-hybridized carbons (Fsp3) is 0.636. The SMILES string of the molecule is CCOC(=O)c1cc2n(n1)C(C)CC(C)N2. The number of aromatic nitrogens is 2. The van der Waals surface area contributed by atoms with Gasteiger partial charge in [0.1, 0.15) is 5.82 Å². The second-order valence-corrected chi connectivity index (χ2v) is 4.21. The van der Waals surface area contributed by atoms with Crippen molar-refractivity contribution in [2.45, 2.75) is 39.3 Å². The van der Waals surface area contributed by atoms with E-state index in [0.717, 1.165) is 12.2 Å². The molecule has 0 saturated carbocycles. The number of nitrogens with zero attached hydrogens (tertiary/aromatic N) is 2. The molecular weight excluding hydrogens is 206 g/mol. The first-order chi connectivity index (χ1) is 7.61. The lowest BCUT2D eigenvalue weighted by Crippen LogP contribution is -2.28. The minimum absolute atomic E-state index is 0.314. The molecule has 0 bridgehead atoms. The molecule has 0 fully saturated rings. The Labute approximate surface area is 94.8 Å². The van der Waals surface area contributed by atoms with Crippen LogP contribution >= 0.6 is 0 Å². The molecule has 2 rings (SSSR count). The van der Waals surface area contributed by atoms with Crippen LogP contribution in [0.2, 0.25) is 0 Å². The van der Waals surface area contributed by atoms with E-state index in [1.165, 1.54) is 0 Å². The van der Waals surface area contributed by atoms with Gasteiger partial charge < -0.3 is 10.1 Å². The average molecular weight is 223 g/mol. The van der Waals surface area contributed by atoms with Gasteiger partial charge >= 0.3 is 5.97 Å². The van der Waals surface area contributed by atoms with Crippen LogP contribution in [0, 0.1) is 0 Å². The Hall–Kier alpha value is -1.52. The van der Waals surface area contributed by atoms with Crippen LogP contribution in [0.4, 0.5) is 5.82 Å². The van der Waals surface area contributed by atoms with Crippen molar-refractivity contribution in [2.24, 2.45) is 0 Å². The maximum atomic E-state index is 11.5. The van der Waals surface area contributed by atoms with Crippen LogP contribution in [0.1, 0.15) is 43.7 Å². The van der Waals surface area contributed by atoms with E-state index in [1.54, 1.807) is 13.0 Å². The van der Waals surface area contributed by atoms with Crippen LogP contribution in [-0.4, -0.2) is 28.4 Å². The van der Waals surface area contributed by atoms with E-state index in [-0.39, 0.29) is 5.97 Å². The topological polar surface area (TPSA) is 56.2 Å². The van der Waals surface area contributed by atoms with Crippen LogP contribution in [0.3, 0.4) is 0 Å². The van der Waals surface area contributed by atoms with Crippen molar-refractivity contribution in [2.75, 3.05) is 11.9 Å². The summed E-state index contributed by atoms with van der Waals surface area (Å²) in [5.74, 6) is 0.542. The van der Waals surface area contributed by atoms with E-state index in [1.807, 2.05) is 4.68 Å². The van der Waals surface area contributed by atoms with Gasteiger partial charge in [0.25, 0.3) is 0 Å². The zero-order valence-corrected chi connectivity index (χ0v) is 9.86. The first-order valence-electron chi connectivity index (χ1n) is 5.65. The lowest BCUT2D eigenvalue weighted by atomic mass is 10.1. The Balaban J connectivity index is 2.26. The van der Waals surface area contributed by atoms with Gasteiger partial charge in [-0.1, -0.05) is 0 Å². The highest BCUT2D eigenvalue weighted by Gasteiger charge is 2.24. The number of fused-ring (bicyclic) bond motifs is 1. The van der Waals surface area contributed by atoms with E-state index >= 15 is 0 Å². The normalized spacial score (nSPS) is 23.4. The minimum atomic E-state index is -0.356. The van der Waals surface area contributed by atoms with Crippen LogP contribution in [0.15, 0.2) is 6.07 Å². The summed E-state index contributed by atoms with van der Waals surface area (Å²) in [4.78, 5) is 11.5. The summed E-state index contributed by atoms with van der Waals surface area (Å²) in [5, 5.41) is 7.56. The van der Waals surface area contributed by atoms with E-state index < -0.39 is 0 Å². The monoisotopic (exact) mass is 223 g/mol. The quantitative estimate of drug-likeness (QED) is 0.777. The smallest absolute Gasteiger partial charge is 0.358 e. The molecule has 5 nitrogen and oxygen atoms in total. The Morgan fingerprint density at radius 3 is 3.12 bits per heavy atom. The number of hydrogen-bond donors (Lipinski definition) is 1. The summed E-state index contributed by atoms with van der Waals surface area (Å²) < 4.78 is 6.78. The second kappa shape index (κ2) is 4.15. The highest BCUT2D eigenvalue weighted by molar-refractivity contribution is 5.88. The molecule has 1 aliphatic heterocycles. The van der Waals surface area contributed by atoms with Gasteiger partial charge in [-0.3, -0.25) is 0 Å².